The predicted molar refractivity (Wildman–Crippen MR) is 65.3 cm³/mol. The Kier molecular flexibility index (Phi) is 2.22. The van der Waals surface area contributed by atoms with Gasteiger partial charge >= 0.3 is 0 Å². The van der Waals surface area contributed by atoms with Crippen LogP contribution in [0.3, 0.4) is 0 Å². The smallest absolute Gasteiger partial charge is 0.165 e. The van der Waals surface area contributed by atoms with Crippen LogP contribution in [0.2, 0.25) is 0 Å². The number of benzene rings is 1. The lowest BCUT2D eigenvalue weighted by Gasteiger charge is -2.02. The Morgan fingerprint density at radius 1 is 1.12 bits per heavy atom. The number of anilines is 1. The second-order valence-electron chi connectivity index (χ2n) is 3.84. The molecule has 0 aliphatic heterocycles. The van der Waals surface area contributed by atoms with Gasteiger partial charge in [-0.3, -0.25) is 4.98 Å². The molecule has 3 rings (SSSR count). The van der Waals surface area contributed by atoms with E-state index in [-0.39, 0.29) is 0 Å². The van der Waals surface area contributed by atoms with Gasteiger partial charge in [-0.25, -0.2) is 4.68 Å². The van der Waals surface area contributed by atoms with Crippen LogP contribution >= 0.6 is 0 Å². The molecule has 5 nitrogen and oxygen atoms in total. The monoisotopic (exact) mass is 225 g/mol. The number of hydrogen-bond acceptors (Lipinski definition) is 4. The van der Waals surface area contributed by atoms with E-state index < -0.39 is 0 Å². The van der Waals surface area contributed by atoms with E-state index in [1.54, 1.807) is 10.9 Å². The van der Waals surface area contributed by atoms with Crippen molar-refractivity contribution in [3.05, 3.63) is 48.3 Å². The summed E-state index contributed by atoms with van der Waals surface area (Å²) in [6.07, 6.45) is 1.69. The highest BCUT2D eigenvalue weighted by Gasteiger charge is 2.01. The third-order valence-electron chi connectivity index (χ3n) is 2.54. The Balaban J connectivity index is 1.95. The molecule has 0 spiro atoms. The summed E-state index contributed by atoms with van der Waals surface area (Å²) in [7, 11) is 0. The predicted octanol–water partition coefficient (Wildman–Crippen LogP) is 1.46. The molecular weight excluding hydrogens is 214 g/mol. The molecule has 5 heteroatoms. The van der Waals surface area contributed by atoms with E-state index in [1.807, 2.05) is 30.3 Å². The van der Waals surface area contributed by atoms with Gasteiger partial charge in [-0.15, -0.1) is 5.10 Å². The minimum atomic E-state index is 0.422. The van der Waals surface area contributed by atoms with E-state index in [0.717, 1.165) is 16.6 Å². The summed E-state index contributed by atoms with van der Waals surface area (Å²) in [6, 6.07) is 12.1. The molecule has 3 aromatic rings. The lowest BCUT2D eigenvalue weighted by atomic mass is 10.2. The summed E-state index contributed by atoms with van der Waals surface area (Å²) in [5.41, 5.74) is 7.43. The van der Waals surface area contributed by atoms with Crippen LogP contribution in [0.25, 0.3) is 10.9 Å². The molecule has 2 heterocycles. The van der Waals surface area contributed by atoms with Crippen LogP contribution in [-0.2, 0) is 6.54 Å². The zero-order valence-corrected chi connectivity index (χ0v) is 9.11. The average molecular weight is 225 g/mol. The van der Waals surface area contributed by atoms with E-state index >= 15 is 0 Å². The highest BCUT2D eigenvalue weighted by Crippen LogP contribution is 2.12. The van der Waals surface area contributed by atoms with Crippen molar-refractivity contribution >= 4 is 16.7 Å². The van der Waals surface area contributed by atoms with E-state index in [0.29, 0.717) is 12.4 Å². The van der Waals surface area contributed by atoms with Crippen molar-refractivity contribution in [1.29, 1.82) is 0 Å². The van der Waals surface area contributed by atoms with Gasteiger partial charge in [0.25, 0.3) is 0 Å². The molecule has 84 valence electrons. The van der Waals surface area contributed by atoms with Crippen LogP contribution in [0.4, 0.5) is 5.82 Å². The zero-order valence-electron chi connectivity index (χ0n) is 9.11. The van der Waals surface area contributed by atoms with E-state index in [1.165, 1.54) is 0 Å². The van der Waals surface area contributed by atoms with E-state index in [4.69, 9.17) is 5.73 Å². The summed E-state index contributed by atoms with van der Waals surface area (Å²) in [4.78, 5) is 4.55. The second-order valence-corrected chi connectivity index (χ2v) is 3.84. The lowest BCUT2D eigenvalue weighted by molar-refractivity contribution is 0.640. The quantitative estimate of drug-likeness (QED) is 0.716. The number of nitrogen functional groups attached to an aromatic ring is 1. The standard InChI is InChI=1S/C12H11N5/c13-12-8-17(16-15-12)7-10-6-5-9-3-1-2-4-11(9)14-10/h1-6,8H,7,13H2. The molecule has 0 saturated carbocycles. The highest BCUT2D eigenvalue weighted by molar-refractivity contribution is 5.78. The van der Waals surface area contributed by atoms with Crippen LogP contribution in [0, 0.1) is 0 Å². The van der Waals surface area contributed by atoms with E-state index in [2.05, 4.69) is 21.4 Å². The van der Waals surface area contributed by atoms with Gasteiger partial charge in [0.15, 0.2) is 5.82 Å². The molecule has 0 fully saturated rings. The first-order chi connectivity index (χ1) is 8.31. The van der Waals surface area contributed by atoms with Crippen LogP contribution in [0.5, 0.6) is 0 Å². The fourth-order valence-electron chi connectivity index (χ4n) is 1.75. The van der Waals surface area contributed by atoms with E-state index in [9.17, 15) is 0 Å². The van der Waals surface area contributed by atoms with Crippen molar-refractivity contribution in [3.63, 3.8) is 0 Å². The first-order valence-electron chi connectivity index (χ1n) is 5.31. The average Bonchev–Trinajstić information content (AvgIpc) is 2.75. The normalized spacial score (nSPS) is 10.8. The van der Waals surface area contributed by atoms with Crippen LogP contribution in [0.15, 0.2) is 42.6 Å². The fourth-order valence-corrected chi connectivity index (χ4v) is 1.75. The van der Waals surface area contributed by atoms with Crippen LogP contribution in [-0.4, -0.2) is 20.0 Å². The van der Waals surface area contributed by atoms with Gasteiger partial charge in [-0.1, -0.05) is 29.5 Å². The van der Waals surface area contributed by atoms with Gasteiger partial charge in [0.1, 0.15) is 0 Å². The van der Waals surface area contributed by atoms with Crippen LogP contribution < -0.4 is 5.73 Å². The van der Waals surface area contributed by atoms with Gasteiger partial charge in [0, 0.05) is 5.39 Å². The molecule has 0 atom stereocenters. The zero-order chi connectivity index (χ0) is 11.7. The topological polar surface area (TPSA) is 69.6 Å². The summed E-state index contributed by atoms with van der Waals surface area (Å²) in [5.74, 6) is 0.422. The molecule has 2 N–H and O–H groups in total. The number of fused-ring (bicyclic) bond motifs is 1. The van der Waals surface area contributed by atoms with Crippen molar-refractivity contribution < 1.29 is 0 Å². The molecule has 0 saturated heterocycles. The molecule has 0 radical (unpaired) electrons. The number of nitrogens with zero attached hydrogens (tertiary/aromatic N) is 4. The summed E-state index contributed by atoms with van der Waals surface area (Å²) in [6.45, 7) is 0.578. The molecule has 0 unspecified atom stereocenters. The Bertz CT molecular complexity index is 659. The molecule has 17 heavy (non-hydrogen) atoms. The number of nitrogens with two attached hydrogens (primary N) is 1. The number of para-hydroxylation sites is 1. The van der Waals surface area contributed by atoms with Gasteiger partial charge in [-0.05, 0) is 12.1 Å². The Labute approximate surface area is 97.9 Å². The summed E-state index contributed by atoms with van der Waals surface area (Å²) < 4.78 is 1.67. The van der Waals surface area contributed by atoms with Crippen molar-refractivity contribution in [3.8, 4) is 0 Å². The fraction of sp³-hybridized carbons (Fsp3) is 0.0833. The highest BCUT2D eigenvalue weighted by atomic mass is 15.4. The number of hydrogen-bond donors (Lipinski definition) is 1. The van der Waals surface area contributed by atoms with Crippen molar-refractivity contribution in [2.45, 2.75) is 6.54 Å². The minimum absolute atomic E-state index is 0.422. The number of aromatic nitrogens is 4. The third kappa shape index (κ3) is 1.94. The first kappa shape index (κ1) is 9.77. The largest absolute Gasteiger partial charge is 0.381 e. The van der Waals surface area contributed by atoms with Gasteiger partial charge < -0.3 is 5.73 Å². The summed E-state index contributed by atoms with van der Waals surface area (Å²) >= 11 is 0. The second kappa shape index (κ2) is 3.86. The molecule has 1 aromatic carbocycles. The van der Waals surface area contributed by atoms with Gasteiger partial charge in [0.2, 0.25) is 0 Å². The molecule has 0 bridgehead atoms. The lowest BCUT2D eigenvalue weighted by Crippen LogP contribution is -2.02. The maximum atomic E-state index is 5.51. The Hall–Kier alpha value is -2.43. The molecular formula is C12H11N5. The maximum absolute atomic E-state index is 5.51. The van der Waals surface area contributed by atoms with Gasteiger partial charge in [0.05, 0.1) is 24.0 Å². The Morgan fingerprint density at radius 3 is 2.82 bits per heavy atom. The molecule has 0 aliphatic rings. The third-order valence-corrected chi connectivity index (χ3v) is 2.54. The van der Waals surface area contributed by atoms with Gasteiger partial charge in [-0.2, -0.15) is 0 Å². The molecule has 0 aliphatic carbocycles. The Morgan fingerprint density at radius 2 is 2.00 bits per heavy atom. The molecule has 0 amide bonds. The first-order valence-corrected chi connectivity index (χ1v) is 5.31. The summed E-state index contributed by atoms with van der Waals surface area (Å²) in [5, 5.41) is 8.76. The number of pyridine rings is 1. The SMILES string of the molecule is Nc1cn(Cc2ccc3ccccc3n2)nn1. The van der Waals surface area contributed by atoms with Crippen molar-refractivity contribution in [2.75, 3.05) is 5.73 Å². The minimum Gasteiger partial charge on any atom is -0.381 e. The van der Waals surface area contributed by atoms with Crippen LogP contribution in [0.1, 0.15) is 5.69 Å². The maximum Gasteiger partial charge on any atom is 0.165 e. The molecule has 2 aromatic heterocycles. The van der Waals surface area contributed by atoms with Crippen molar-refractivity contribution in [2.24, 2.45) is 0 Å². The number of rotatable bonds is 2. The van der Waals surface area contributed by atoms with Crippen molar-refractivity contribution in [1.82, 2.24) is 20.0 Å².